The molecule has 1 fully saturated rings. The molecule has 0 saturated carbocycles. The van der Waals surface area contributed by atoms with Gasteiger partial charge in [-0.1, -0.05) is 0 Å². The van der Waals surface area contributed by atoms with Crippen molar-refractivity contribution < 1.29 is 17.9 Å². The minimum atomic E-state index is -3.09. The van der Waals surface area contributed by atoms with Crippen molar-refractivity contribution in [2.24, 2.45) is 10.9 Å². The molecule has 0 radical (unpaired) electrons. The Labute approximate surface area is 168 Å². The van der Waals surface area contributed by atoms with E-state index >= 15 is 0 Å². The second kappa shape index (κ2) is 9.97. The molecule has 28 heavy (non-hydrogen) atoms. The van der Waals surface area contributed by atoms with E-state index in [1.54, 1.807) is 25.6 Å². The molecule has 1 aromatic carbocycles. The van der Waals surface area contributed by atoms with Crippen LogP contribution in [0.4, 0.5) is 0 Å². The number of hydrogen-bond acceptors (Lipinski definition) is 5. The summed E-state index contributed by atoms with van der Waals surface area (Å²) >= 11 is 0. The van der Waals surface area contributed by atoms with Gasteiger partial charge in [0.15, 0.2) is 5.96 Å². The summed E-state index contributed by atoms with van der Waals surface area (Å²) < 4.78 is 35.6. The zero-order chi connectivity index (χ0) is 20.7. The Balaban J connectivity index is 1.91. The van der Waals surface area contributed by atoms with Crippen LogP contribution in [-0.2, 0) is 10.0 Å². The van der Waals surface area contributed by atoms with Gasteiger partial charge in [0, 0.05) is 32.2 Å². The fourth-order valence-electron chi connectivity index (χ4n) is 3.34. The van der Waals surface area contributed by atoms with Gasteiger partial charge in [0.25, 0.3) is 0 Å². The van der Waals surface area contributed by atoms with Crippen LogP contribution in [0.5, 0.6) is 11.5 Å². The Morgan fingerprint density at radius 1 is 1.29 bits per heavy atom. The number of benzene rings is 1. The van der Waals surface area contributed by atoms with Gasteiger partial charge in [-0.3, -0.25) is 4.99 Å². The van der Waals surface area contributed by atoms with Crippen LogP contribution in [0.1, 0.15) is 31.4 Å². The lowest BCUT2D eigenvalue weighted by atomic mass is 9.98. The van der Waals surface area contributed by atoms with Crippen molar-refractivity contribution in [3.63, 3.8) is 0 Å². The van der Waals surface area contributed by atoms with Crippen molar-refractivity contribution in [3.8, 4) is 11.5 Å². The monoisotopic (exact) mass is 412 g/mol. The molecule has 1 heterocycles. The third kappa shape index (κ3) is 6.00. The molecule has 158 valence electrons. The molecule has 1 saturated heterocycles. The van der Waals surface area contributed by atoms with E-state index in [-0.39, 0.29) is 6.04 Å². The van der Waals surface area contributed by atoms with E-state index in [4.69, 9.17) is 9.47 Å². The molecule has 1 atom stereocenters. The predicted octanol–water partition coefficient (Wildman–Crippen LogP) is 1.60. The first-order chi connectivity index (χ1) is 13.3. The number of aliphatic imine (C=N–C) groups is 1. The lowest BCUT2D eigenvalue weighted by Gasteiger charge is -2.30. The van der Waals surface area contributed by atoms with Gasteiger partial charge in [0.05, 0.1) is 26.5 Å². The molecule has 0 spiro atoms. The summed E-state index contributed by atoms with van der Waals surface area (Å²) in [5.74, 6) is 2.66. The molecular weight excluding hydrogens is 380 g/mol. The van der Waals surface area contributed by atoms with Crippen LogP contribution in [0, 0.1) is 5.92 Å². The maximum absolute atomic E-state index is 11.6. The third-order valence-corrected chi connectivity index (χ3v) is 6.38. The topological polar surface area (TPSA) is 92.3 Å². The molecule has 0 aromatic heterocycles. The summed E-state index contributed by atoms with van der Waals surface area (Å²) in [6.45, 7) is 3.94. The van der Waals surface area contributed by atoms with Crippen LogP contribution in [-0.4, -0.2) is 65.8 Å². The lowest BCUT2D eigenvalue weighted by molar-refractivity contribution is 0.274. The van der Waals surface area contributed by atoms with Gasteiger partial charge in [-0.25, -0.2) is 12.7 Å². The summed E-state index contributed by atoms with van der Waals surface area (Å²) in [6, 6.07) is 5.66. The van der Waals surface area contributed by atoms with Gasteiger partial charge < -0.3 is 20.1 Å². The van der Waals surface area contributed by atoms with Gasteiger partial charge >= 0.3 is 0 Å². The summed E-state index contributed by atoms with van der Waals surface area (Å²) in [4.78, 5) is 4.31. The quantitative estimate of drug-likeness (QED) is 0.522. The Hall–Kier alpha value is -2.00. The Morgan fingerprint density at radius 3 is 2.50 bits per heavy atom. The van der Waals surface area contributed by atoms with Crippen LogP contribution in [0.25, 0.3) is 0 Å². The Morgan fingerprint density at radius 2 is 1.96 bits per heavy atom. The van der Waals surface area contributed by atoms with E-state index in [0.717, 1.165) is 36.4 Å². The first kappa shape index (κ1) is 22.3. The lowest BCUT2D eigenvalue weighted by Crippen LogP contribution is -2.44. The maximum atomic E-state index is 11.6. The molecule has 0 bridgehead atoms. The van der Waals surface area contributed by atoms with Crippen LogP contribution in [0.15, 0.2) is 23.2 Å². The molecule has 8 nitrogen and oxygen atoms in total. The molecule has 0 amide bonds. The molecule has 0 aliphatic carbocycles. The first-order valence-electron chi connectivity index (χ1n) is 9.42. The van der Waals surface area contributed by atoms with E-state index < -0.39 is 10.0 Å². The number of methoxy groups -OCH3 is 2. The summed E-state index contributed by atoms with van der Waals surface area (Å²) in [6.07, 6.45) is 2.96. The fraction of sp³-hybridized carbons (Fsp3) is 0.632. The Bertz CT molecular complexity index is 774. The summed E-state index contributed by atoms with van der Waals surface area (Å²) in [5, 5.41) is 6.74. The predicted molar refractivity (Wildman–Crippen MR) is 112 cm³/mol. The van der Waals surface area contributed by atoms with Gasteiger partial charge in [0.2, 0.25) is 10.0 Å². The smallest absolute Gasteiger partial charge is 0.211 e. The fourth-order valence-corrected chi connectivity index (χ4v) is 4.22. The van der Waals surface area contributed by atoms with Crippen molar-refractivity contribution in [2.75, 3.05) is 47.2 Å². The SMILES string of the molecule is CN=C(NCC1CCN(S(C)(=O)=O)CC1)NC(C)c1cc(OC)ccc1OC. The van der Waals surface area contributed by atoms with Crippen LogP contribution >= 0.6 is 0 Å². The van der Waals surface area contributed by atoms with Crippen LogP contribution < -0.4 is 20.1 Å². The van der Waals surface area contributed by atoms with Crippen LogP contribution in [0.2, 0.25) is 0 Å². The number of piperidine rings is 1. The van der Waals surface area contributed by atoms with Gasteiger partial charge in [-0.05, 0) is 43.9 Å². The highest BCUT2D eigenvalue weighted by molar-refractivity contribution is 7.88. The average Bonchev–Trinajstić information content (AvgIpc) is 2.69. The zero-order valence-corrected chi connectivity index (χ0v) is 18.2. The van der Waals surface area contributed by atoms with E-state index in [2.05, 4.69) is 15.6 Å². The third-order valence-electron chi connectivity index (χ3n) is 5.08. The summed E-state index contributed by atoms with van der Waals surface area (Å²) in [5.41, 5.74) is 0.978. The number of nitrogens with one attached hydrogen (secondary N) is 2. The number of nitrogens with zero attached hydrogens (tertiary/aromatic N) is 2. The maximum Gasteiger partial charge on any atom is 0.211 e. The van der Waals surface area contributed by atoms with Crippen molar-refractivity contribution >= 4 is 16.0 Å². The highest BCUT2D eigenvalue weighted by Crippen LogP contribution is 2.29. The van der Waals surface area contributed by atoms with Gasteiger partial charge in [0.1, 0.15) is 11.5 Å². The molecule has 2 N–H and O–H groups in total. The van der Waals surface area contributed by atoms with E-state index in [9.17, 15) is 8.42 Å². The minimum Gasteiger partial charge on any atom is -0.497 e. The molecule has 1 aliphatic rings. The largest absolute Gasteiger partial charge is 0.497 e. The van der Waals surface area contributed by atoms with Crippen LogP contribution in [0.3, 0.4) is 0 Å². The number of hydrogen-bond donors (Lipinski definition) is 2. The van der Waals surface area contributed by atoms with E-state index in [0.29, 0.717) is 25.0 Å². The summed E-state index contributed by atoms with van der Waals surface area (Å²) in [7, 11) is 1.93. The minimum absolute atomic E-state index is 0.0386. The molecule has 1 aromatic rings. The second-order valence-corrected chi connectivity index (χ2v) is 9.01. The molecular formula is C19H32N4O4S. The number of guanidine groups is 1. The van der Waals surface area contributed by atoms with Gasteiger partial charge in [-0.2, -0.15) is 0 Å². The van der Waals surface area contributed by atoms with Crippen molar-refractivity contribution in [1.29, 1.82) is 0 Å². The van der Waals surface area contributed by atoms with E-state index in [1.165, 1.54) is 6.26 Å². The highest BCUT2D eigenvalue weighted by Gasteiger charge is 2.25. The molecule has 9 heteroatoms. The second-order valence-electron chi connectivity index (χ2n) is 7.03. The Kier molecular flexibility index (Phi) is 7.94. The number of rotatable bonds is 7. The molecule has 1 aliphatic heterocycles. The molecule has 1 unspecified atom stereocenters. The van der Waals surface area contributed by atoms with E-state index in [1.807, 2.05) is 25.1 Å². The van der Waals surface area contributed by atoms with Crippen molar-refractivity contribution in [2.45, 2.75) is 25.8 Å². The normalized spacial score (nSPS) is 17.8. The average molecular weight is 413 g/mol. The highest BCUT2D eigenvalue weighted by atomic mass is 32.2. The van der Waals surface area contributed by atoms with Crippen molar-refractivity contribution in [3.05, 3.63) is 23.8 Å². The van der Waals surface area contributed by atoms with Crippen molar-refractivity contribution in [1.82, 2.24) is 14.9 Å². The number of sulfonamides is 1. The molecule has 2 rings (SSSR count). The number of ether oxygens (including phenoxy) is 2. The zero-order valence-electron chi connectivity index (χ0n) is 17.4. The standard InChI is InChI=1S/C19H32N4O4S/c1-14(17-12-16(26-3)6-7-18(17)27-4)22-19(20-2)21-13-15-8-10-23(11-9-15)28(5,24)25/h6-7,12,14-15H,8-11,13H2,1-5H3,(H2,20,21,22). The first-order valence-corrected chi connectivity index (χ1v) is 11.3. The van der Waals surface area contributed by atoms with Gasteiger partial charge in [-0.15, -0.1) is 0 Å².